The van der Waals surface area contributed by atoms with Crippen LogP contribution in [0, 0.1) is 0 Å². The predicted octanol–water partition coefficient (Wildman–Crippen LogP) is 2.18. The van der Waals surface area contributed by atoms with Gasteiger partial charge in [0.15, 0.2) is 5.82 Å². The zero-order valence-electron chi connectivity index (χ0n) is 12.9. The molecule has 2 aliphatic carbocycles. The van der Waals surface area contributed by atoms with Crippen LogP contribution in [0.25, 0.3) is 0 Å². The van der Waals surface area contributed by atoms with Crippen molar-refractivity contribution >= 4 is 0 Å². The van der Waals surface area contributed by atoms with Crippen molar-refractivity contribution < 1.29 is 0 Å². The Hall–Kier alpha value is -1.68. The normalized spacial score (nSPS) is 22.4. The van der Waals surface area contributed by atoms with E-state index in [9.17, 15) is 0 Å². The summed E-state index contributed by atoms with van der Waals surface area (Å²) in [7, 11) is 0. The van der Waals surface area contributed by atoms with Gasteiger partial charge in [0.05, 0.1) is 6.54 Å². The number of fused-ring (bicyclic) bond motifs is 2. The number of rotatable bonds is 2. The molecular formula is C18H22N4. The second-order valence-electron chi connectivity index (χ2n) is 7.00. The highest BCUT2D eigenvalue weighted by Crippen LogP contribution is 2.38. The van der Waals surface area contributed by atoms with Gasteiger partial charge in [-0.05, 0) is 36.8 Å². The SMILES string of the molecule is c1ccc2c(c1)CC(N1CCc3nc(C4CC4)nn3CC1)C2. The van der Waals surface area contributed by atoms with Crippen LogP contribution >= 0.6 is 0 Å². The van der Waals surface area contributed by atoms with Crippen LogP contribution in [0.4, 0.5) is 0 Å². The number of aromatic nitrogens is 3. The highest BCUT2D eigenvalue weighted by atomic mass is 15.4. The van der Waals surface area contributed by atoms with E-state index in [-0.39, 0.29) is 0 Å². The van der Waals surface area contributed by atoms with Crippen LogP contribution in [0.3, 0.4) is 0 Å². The monoisotopic (exact) mass is 294 g/mol. The lowest BCUT2D eigenvalue weighted by atomic mass is 10.1. The average molecular weight is 294 g/mol. The molecule has 0 spiro atoms. The van der Waals surface area contributed by atoms with Gasteiger partial charge in [-0.3, -0.25) is 4.90 Å². The van der Waals surface area contributed by atoms with Crippen molar-refractivity contribution in [1.82, 2.24) is 19.7 Å². The van der Waals surface area contributed by atoms with E-state index in [0.717, 1.165) is 31.9 Å². The molecule has 0 radical (unpaired) electrons. The van der Waals surface area contributed by atoms with Gasteiger partial charge in [-0.15, -0.1) is 0 Å². The van der Waals surface area contributed by atoms with Crippen molar-refractivity contribution in [3.05, 3.63) is 47.0 Å². The molecule has 114 valence electrons. The first kappa shape index (κ1) is 12.8. The Morgan fingerprint density at radius 3 is 2.45 bits per heavy atom. The first-order valence-electron chi connectivity index (χ1n) is 8.61. The summed E-state index contributed by atoms with van der Waals surface area (Å²) in [6.45, 7) is 3.24. The molecule has 1 fully saturated rings. The predicted molar refractivity (Wildman–Crippen MR) is 84.9 cm³/mol. The van der Waals surface area contributed by atoms with Gasteiger partial charge in [0.1, 0.15) is 5.82 Å². The first-order valence-corrected chi connectivity index (χ1v) is 8.61. The second-order valence-corrected chi connectivity index (χ2v) is 7.00. The van der Waals surface area contributed by atoms with Gasteiger partial charge < -0.3 is 0 Å². The molecule has 4 nitrogen and oxygen atoms in total. The van der Waals surface area contributed by atoms with Crippen LogP contribution in [0.5, 0.6) is 0 Å². The number of nitrogens with zero attached hydrogens (tertiary/aromatic N) is 4. The number of hydrogen-bond acceptors (Lipinski definition) is 3. The summed E-state index contributed by atoms with van der Waals surface area (Å²) in [5.74, 6) is 2.98. The van der Waals surface area contributed by atoms with Crippen LogP contribution in [-0.2, 0) is 25.8 Å². The quantitative estimate of drug-likeness (QED) is 0.851. The lowest BCUT2D eigenvalue weighted by Gasteiger charge is -2.26. The zero-order chi connectivity index (χ0) is 14.5. The molecule has 0 unspecified atom stereocenters. The molecule has 1 aromatic heterocycles. The molecule has 1 saturated carbocycles. The van der Waals surface area contributed by atoms with Crippen LogP contribution < -0.4 is 0 Å². The van der Waals surface area contributed by atoms with Crippen LogP contribution in [0.2, 0.25) is 0 Å². The van der Waals surface area contributed by atoms with Gasteiger partial charge in [0.25, 0.3) is 0 Å². The summed E-state index contributed by atoms with van der Waals surface area (Å²) in [5, 5.41) is 4.75. The Labute approximate surface area is 131 Å². The third kappa shape index (κ3) is 2.17. The molecule has 0 atom stereocenters. The summed E-state index contributed by atoms with van der Waals surface area (Å²) in [5.41, 5.74) is 3.09. The molecule has 0 saturated heterocycles. The van der Waals surface area contributed by atoms with Gasteiger partial charge in [0, 0.05) is 31.5 Å². The van der Waals surface area contributed by atoms with Crippen LogP contribution in [0.1, 0.15) is 41.5 Å². The van der Waals surface area contributed by atoms with E-state index in [1.54, 1.807) is 11.1 Å². The standard InChI is InChI=1S/C18H22N4/c1-2-4-15-12-16(11-14(15)3-1)21-8-7-17-19-18(13-5-6-13)20-22(17)10-9-21/h1-4,13,16H,5-12H2. The molecule has 2 aromatic rings. The van der Waals surface area contributed by atoms with E-state index >= 15 is 0 Å². The summed E-state index contributed by atoms with van der Waals surface area (Å²) in [6, 6.07) is 9.60. The average Bonchev–Trinajstić information content (AvgIpc) is 3.23. The van der Waals surface area contributed by atoms with Crippen molar-refractivity contribution in [2.24, 2.45) is 0 Å². The minimum absolute atomic E-state index is 0.667. The van der Waals surface area contributed by atoms with E-state index in [1.165, 1.54) is 31.5 Å². The van der Waals surface area contributed by atoms with E-state index in [1.807, 2.05) is 0 Å². The Balaban J connectivity index is 1.30. The first-order chi connectivity index (χ1) is 10.9. The maximum atomic E-state index is 4.80. The molecule has 2 heterocycles. The number of hydrogen-bond donors (Lipinski definition) is 0. The fourth-order valence-electron chi connectivity index (χ4n) is 4.01. The molecule has 22 heavy (non-hydrogen) atoms. The topological polar surface area (TPSA) is 34.0 Å². The molecular weight excluding hydrogens is 272 g/mol. The molecule has 0 bridgehead atoms. The molecule has 5 rings (SSSR count). The van der Waals surface area contributed by atoms with E-state index < -0.39 is 0 Å². The molecule has 4 heteroatoms. The van der Waals surface area contributed by atoms with Gasteiger partial charge in [-0.2, -0.15) is 5.10 Å². The maximum Gasteiger partial charge on any atom is 0.154 e. The van der Waals surface area contributed by atoms with Crippen LogP contribution in [-0.4, -0.2) is 38.8 Å². The largest absolute Gasteiger partial charge is 0.297 e. The molecule has 3 aliphatic rings. The summed E-state index contributed by atoms with van der Waals surface area (Å²) in [4.78, 5) is 7.46. The maximum absolute atomic E-state index is 4.80. The van der Waals surface area contributed by atoms with Gasteiger partial charge in [-0.1, -0.05) is 24.3 Å². The van der Waals surface area contributed by atoms with Crippen molar-refractivity contribution in [2.75, 3.05) is 13.1 Å². The summed E-state index contributed by atoms with van der Waals surface area (Å²) in [6.07, 6.45) is 6.04. The third-order valence-corrected chi connectivity index (χ3v) is 5.47. The van der Waals surface area contributed by atoms with Gasteiger partial charge in [0.2, 0.25) is 0 Å². The molecule has 0 amide bonds. The van der Waals surface area contributed by atoms with E-state index in [2.05, 4.69) is 33.8 Å². The highest BCUT2D eigenvalue weighted by Gasteiger charge is 2.31. The van der Waals surface area contributed by atoms with Crippen molar-refractivity contribution in [3.63, 3.8) is 0 Å². The molecule has 1 aliphatic heterocycles. The van der Waals surface area contributed by atoms with Gasteiger partial charge >= 0.3 is 0 Å². The lowest BCUT2D eigenvalue weighted by molar-refractivity contribution is 0.204. The number of benzene rings is 1. The minimum Gasteiger partial charge on any atom is -0.297 e. The smallest absolute Gasteiger partial charge is 0.154 e. The Morgan fingerprint density at radius 2 is 1.73 bits per heavy atom. The summed E-state index contributed by atoms with van der Waals surface area (Å²) < 4.78 is 2.18. The van der Waals surface area contributed by atoms with Crippen molar-refractivity contribution in [2.45, 2.75) is 50.6 Å². The zero-order valence-corrected chi connectivity index (χ0v) is 12.9. The minimum atomic E-state index is 0.667. The molecule has 0 N–H and O–H groups in total. The second kappa shape index (κ2) is 4.92. The fraction of sp³-hybridized carbons (Fsp3) is 0.556. The fourth-order valence-corrected chi connectivity index (χ4v) is 4.01. The lowest BCUT2D eigenvalue weighted by Crippen LogP contribution is -2.38. The third-order valence-electron chi connectivity index (χ3n) is 5.47. The van der Waals surface area contributed by atoms with E-state index in [0.29, 0.717) is 12.0 Å². The van der Waals surface area contributed by atoms with Gasteiger partial charge in [-0.25, -0.2) is 9.67 Å². The Kier molecular flexibility index (Phi) is 2.87. The Bertz CT molecular complexity index is 650. The van der Waals surface area contributed by atoms with E-state index in [4.69, 9.17) is 10.1 Å². The van der Waals surface area contributed by atoms with Crippen molar-refractivity contribution in [1.29, 1.82) is 0 Å². The summed E-state index contributed by atoms with van der Waals surface area (Å²) >= 11 is 0. The molecule has 1 aromatic carbocycles. The van der Waals surface area contributed by atoms with Crippen molar-refractivity contribution in [3.8, 4) is 0 Å². The highest BCUT2D eigenvalue weighted by molar-refractivity contribution is 5.33. The van der Waals surface area contributed by atoms with Crippen LogP contribution in [0.15, 0.2) is 24.3 Å². The Morgan fingerprint density at radius 1 is 0.955 bits per heavy atom.